The summed E-state index contributed by atoms with van der Waals surface area (Å²) in [4.78, 5) is 13.9. The molecule has 0 unspecified atom stereocenters. The number of amides is 1. The third kappa shape index (κ3) is 4.53. The molecule has 4 nitrogen and oxygen atoms in total. The van der Waals surface area contributed by atoms with Gasteiger partial charge in [-0.05, 0) is 45.2 Å². The zero-order valence-corrected chi connectivity index (χ0v) is 12.8. The highest BCUT2D eigenvalue weighted by molar-refractivity contribution is 5.78. The van der Waals surface area contributed by atoms with Crippen LogP contribution in [-0.4, -0.2) is 41.7 Å². The Balaban J connectivity index is 2.65. The van der Waals surface area contributed by atoms with Crippen molar-refractivity contribution in [1.82, 2.24) is 4.90 Å². The maximum absolute atomic E-state index is 12.2. The molecule has 1 aromatic rings. The number of para-hydroxylation sites is 1. The molecule has 0 atom stereocenters. The summed E-state index contributed by atoms with van der Waals surface area (Å²) in [6.07, 6.45) is 0.591. The smallest absolute Gasteiger partial charge is 0.260 e. The van der Waals surface area contributed by atoms with E-state index in [1.807, 2.05) is 45.9 Å². The topological polar surface area (TPSA) is 49.8 Å². The third-order valence-corrected chi connectivity index (χ3v) is 3.25. The van der Waals surface area contributed by atoms with Crippen molar-refractivity contribution in [3.8, 4) is 5.75 Å². The molecule has 20 heavy (non-hydrogen) atoms. The Bertz CT molecular complexity index is 423. The van der Waals surface area contributed by atoms with Crippen LogP contribution in [-0.2, 0) is 4.79 Å². The number of ether oxygens (including phenoxy) is 1. The van der Waals surface area contributed by atoms with E-state index in [9.17, 15) is 4.79 Å². The van der Waals surface area contributed by atoms with E-state index in [-0.39, 0.29) is 25.2 Å². The Morgan fingerprint density at radius 1 is 1.30 bits per heavy atom. The number of benzene rings is 1. The molecule has 0 aliphatic heterocycles. The zero-order chi connectivity index (χ0) is 15.1. The van der Waals surface area contributed by atoms with Crippen LogP contribution in [0.4, 0.5) is 0 Å². The quantitative estimate of drug-likeness (QED) is 0.833. The Labute approximate surface area is 121 Å². The van der Waals surface area contributed by atoms with E-state index in [4.69, 9.17) is 9.84 Å². The van der Waals surface area contributed by atoms with Gasteiger partial charge in [0.2, 0.25) is 0 Å². The van der Waals surface area contributed by atoms with Gasteiger partial charge in [0.15, 0.2) is 6.61 Å². The summed E-state index contributed by atoms with van der Waals surface area (Å²) < 4.78 is 5.69. The minimum Gasteiger partial charge on any atom is -0.483 e. The fourth-order valence-electron chi connectivity index (χ4n) is 2.16. The van der Waals surface area contributed by atoms with Crippen LogP contribution in [0.5, 0.6) is 5.75 Å². The second kappa shape index (κ2) is 7.90. The van der Waals surface area contributed by atoms with Crippen LogP contribution in [0.3, 0.4) is 0 Å². The number of nitrogens with zero attached hydrogens (tertiary/aromatic N) is 1. The lowest BCUT2D eigenvalue weighted by Crippen LogP contribution is -2.41. The highest BCUT2D eigenvalue weighted by Gasteiger charge is 2.17. The summed E-state index contributed by atoms with van der Waals surface area (Å²) >= 11 is 0. The molecule has 0 fully saturated rings. The van der Waals surface area contributed by atoms with Crippen molar-refractivity contribution in [2.24, 2.45) is 0 Å². The number of carbonyl (C=O) groups is 1. The number of carbonyl (C=O) groups excluding carboxylic acids is 1. The van der Waals surface area contributed by atoms with E-state index in [2.05, 4.69) is 0 Å². The first-order valence-corrected chi connectivity index (χ1v) is 7.06. The third-order valence-electron chi connectivity index (χ3n) is 3.25. The standard InChI is InChI=1S/C16H25NO3/c1-12(2)17(9-6-10-18)15(19)11-20-16-13(3)7-5-8-14(16)4/h5,7-8,12,18H,6,9-11H2,1-4H3. The van der Waals surface area contributed by atoms with Gasteiger partial charge in [0.25, 0.3) is 5.91 Å². The van der Waals surface area contributed by atoms with Gasteiger partial charge >= 0.3 is 0 Å². The molecular weight excluding hydrogens is 254 g/mol. The van der Waals surface area contributed by atoms with Crippen molar-refractivity contribution in [2.75, 3.05) is 19.8 Å². The van der Waals surface area contributed by atoms with E-state index in [1.165, 1.54) is 0 Å². The highest BCUT2D eigenvalue weighted by atomic mass is 16.5. The molecule has 0 aliphatic carbocycles. The summed E-state index contributed by atoms with van der Waals surface area (Å²) in [6, 6.07) is 6.02. The van der Waals surface area contributed by atoms with Crippen LogP contribution in [0.1, 0.15) is 31.4 Å². The van der Waals surface area contributed by atoms with Gasteiger partial charge in [-0.2, -0.15) is 0 Å². The summed E-state index contributed by atoms with van der Waals surface area (Å²) in [5.74, 6) is 0.739. The lowest BCUT2D eigenvalue weighted by atomic mass is 10.1. The van der Waals surface area contributed by atoms with Gasteiger partial charge in [-0.1, -0.05) is 18.2 Å². The second-order valence-corrected chi connectivity index (χ2v) is 5.27. The average Bonchev–Trinajstić information content (AvgIpc) is 2.38. The van der Waals surface area contributed by atoms with E-state index in [1.54, 1.807) is 4.90 Å². The van der Waals surface area contributed by atoms with Crippen LogP contribution >= 0.6 is 0 Å². The number of aliphatic hydroxyl groups excluding tert-OH is 1. The van der Waals surface area contributed by atoms with Gasteiger partial charge in [-0.15, -0.1) is 0 Å². The number of rotatable bonds is 7. The molecule has 0 aliphatic rings. The minimum absolute atomic E-state index is 0.0370. The van der Waals surface area contributed by atoms with E-state index in [0.29, 0.717) is 13.0 Å². The second-order valence-electron chi connectivity index (χ2n) is 5.27. The molecule has 0 radical (unpaired) electrons. The van der Waals surface area contributed by atoms with E-state index < -0.39 is 0 Å². The first kappa shape index (κ1) is 16.5. The fraction of sp³-hybridized carbons (Fsp3) is 0.562. The van der Waals surface area contributed by atoms with Crippen molar-refractivity contribution in [2.45, 2.75) is 40.2 Å². The zero-order valence-electron chi connectivity index (χ0n) is 12.8. The average molecular weight is 279 g/mol. The predicted molar refractivity (Wildman–Crippen MR) is 80.0 cm³/mol. The van der Waals surface area contributed by atoms with Crippen LogP contribution in [0, 0.1) is 13.8 Å². The van der Waals surface area contributed by atoms with Crippen molar-refractivity contribution >= 4 is 5.91 Å². The van der Waals surface area contributed by atoms with E-state index in [0.717, 1.165) is 16.9 Å². The fourth-order valence-corrected chi connectivity index (χ4v) is 2.16. The van der Waals surface area contributed by atoms with Crippen molar-refractivity contribution < 1.29 is 14.6 Å². The Kier molecular flexibility index (Phi) is 6.52. The predicted octanol–water partition coefficient (Wildman–Crippen LogP) is 2.30. The van der Waals surface area contributed by atoms with Crippen LogP contribution in [0.25, 0.3) is 0 Å². The van der Waals surface area contributed by atoms with Gasteiger partial charge in [0, 0.05) is 19.2 Å². The molecule has 0 aromatic heterocycles. The molecule has 0 bridgehead atoms. The first-order chi connectivity index (χ1) is 9.47. The summed E-state index contributed by atoms with van der Waals surface area (Å²) in [5.41, 5.74) is 2.06. The van der Waals surface area contributed by atoms with Gasteiger partial charge < -0.3 is 14.7 Å². The molecular formula is C16H25NO3. The Morgan fingerprint density at radius 2 is 1.90 bits per heavy atom. The van der Waals surface area contributed by atoms with Gasteiger partial charge in [-0.25, -0.2) is 0 Å². The van der Waals surface area contributed by atoms with Crippen LogP contribution in [0.15, 0.2) is 18.2 Å². The molecule has 0 heterocycles. The Hall–Kier alpha value is -1.55. The minimum atomic E-state index is -0.0453. The lowest BCUT2D eigenvalue weighted by molar-refractivity contribution is -0.135. The van der Waals surface area contributed by atoms with Crippen molar-refractivity contribution in [3.05, 3.63) is 29.3 Å². The first-order valence-electron chi connectivity index (χ1n) is 7.06. The normalized spacial score (nSPS) is 10.7. The van der Waals surface area contributed by atoms with Crippen molar-refractivity contribution in [1.29, 1.82) is 0 Å². The van der Waals surface area contributed by atoms with Crippen molar-refractivity contribution in [3.63, 3.8) is 0 Å². The molecule has 4 heteroatoms. The number of aliphatic hydroxyl groups is 1. The number of aryl methyl sites for hydroxylation is 2. The molecule has 112 valence electrons. The van der Waals surface area contributed by atoms with Crippen LogP contribution in [0.2, 0.25) is 0 Å². The van der Waals surface area contributed by atoms with Crippen LogP contribution < -0.4 is 4.74 Å². The maximum atomic E-state index is 12.2. The highest BCUT2D eigenvalue weighted by Crippen LogP contribution is 2.22. The van der Waals surface area contributed by atoms with Gasteiger partial charge in [-0.3, -0.25) is 4.79 Å². The SMILES string of the molecule is Cc1cccc(C)c1OCC(=O)N(CCCO)C(C)C. The largest absolute Gasteiger partial charge is 0.483 e. The monoisotopic (exact) mass is 279 g/mol. The molecule has 1 amide bonds. The van der Waals surface area contributed by atoms with Gasteiger partial charge in [0.1, 0.15) is 5.75 Å². The lowest BCUT2D eigenvalue weighted by Gasteiger charge is -2.26. The number of hydrogen-bond acceptors (Lipinski definition) is 3. The van der Waals surface area contributed by atoms with Gasteiger partial charge in [0.05, 0.1) is 0 Å². The summed E-state index contributed by atoms with van der Waals surface area (Å²) in [5, 5.41) is 8.89. The molecule has 0 saturated heterocycles. The molecule has 0 saturated carbocycles. The van der Waals surface area contributed by atoms with E-state index >= 15 is 0 Å². The summed E-state index contributed by atoms with van der Waals surface area (Å²) in [7, 11) is 0. The maximum Gasteiger partial charge on any atom is 0.260 e. The number of hydrogen-bond donors (Lipinski definition) is 1. The summed E-state index contributed by atoms with van der Waals surface area (Å²) in [6.45, 7) is 8.56. The molecule has 1 rings (SSSR count). The molecule has 0 spiro atoms. The Morgan fingerprint density at radius 3 is 2.40 bits per heavy atom. The molecule has 1 aromatic carbocycles. The molecule has 1 N–H and O–H groups in total.